The van der Waals surface area contributed by atoms with E-state index in [1.807, 2.05) is 0 Å². The van der Waals surface area contributed by atoms with Crippen molar-refractivity contribution in [3.05, 3.63) is 11.6 Å². The minimum Gasteiger partial charge on any atom is -0.478 e. The van der Waals surface area contributed by atoms with Crippen molar-refractivity contribution in [3.63, 3.8) is 0 Å². The maximum absolute atomic E-state index is 11.1. The van der Waals surface area contributed by atoms with Crippen molar-refractivity contribution < 1.29 is 29.3 Å². The van der Waals surface area contributed by atoms with Crippen LogP contribution in [0.5, 0.6) is 0 Å². The Labute approximate surface area is 87.1 Å². The van der Waals surface area contributed by atoms with Gasteiger partial charge in [-0.15, -0.1) is 0 Å². The molecule has 0 radical (unpaired) electrons. The van der Waals surface area contributed by atoms with Crippen LogP contribution in [0.2, 0.25) is 0 Å². The average molecular weight is 218 g/mol. The first kappa shape index (κ1) is 13.6. The fourth-order valence-corrected chi connectivity index (χ4v) is 0.718. The quantitative estimate of drug-likeness (QED) is 0.342. The van der Waals surface area contributed by atoms with Crippen LogP contribution in [0.25, 0.3) is 0 Å². The first-order valence-corrected chi connectivity index (χ1v) is 4.35. The van der Waals surface area contributed by atoms with E-state index in [9.17, 15) is 9.59 Å². The number of ether oxygens (including phenoxy) is 2. The van der Waals surface area contributed by atoms with E-state index in [0.717, 1.165) is 6.08 Å². The molecule has 0 bridgehead atoms. The number of carboxylic acid groups (broad SMARTS) is 1. The zero-order chi connectivity index (χ0) is 11.7. The summed E-state index contributed by atoms with van der Waals surface area (Å²) in [6, 6.07) is 0. The van der Waals surface area contributed by atoms with E-state index in [0.29, 0.717) is 0 Å². The molecule has 0 amide bonds. The molecule has 86 valence electrons. The number of aliphatic carboxylic acids is 1. The monoisotopic (exact) mass is 218 g/mol. The summed E-state index contributed by atoms with van der Waals surface area (Å²) in [6.07, 6.45) is 0.775. The highest BCUT2D eigenvalue weighted by molar-refractivity contribution is 5.95. The molecule has 0 aliphatic rings. The number of carbonyl (C=O) groups is 2. The van der Waals surface area contributed by atoms with Crippen molar-refractivity contribution in [1.82, 2.24) is 0 Å². The molecule has 0 aliphatic carbocycles. The topological polar surface area (TPSA) is 93.1 Å². The van der Waals surface area contributed by atoms with Crippen molar-refractivity contribution in [1.29, 1.82) is 0 Å². The Bertz CT molecular complexity index is 245. The van der Waals surface area contributed by atoms with Gasteiger partial charge >= 0.3 is 11.9 Å². The second-order valence-electron chi connectivity index (χ2n) is 2.64. The predicted octanol–water partition coefficient (Wildman–Crippen LogP) is -0.431. The summed E-state index contributed by atoms with van der Waals surface area (Å²) < 4.78 is 9.51. The molecule has 6 nitrogen and oxygen atoms in total. The summed E-state index contributed by atoms with van der Waals surface area (Å²) >= 11 is 0. The average Bonchev–Trinajstić information content (AvgIpc) is 2.16. The van der Waals surface area contributed by atoms with Gasteiger partial charge < -0.3 is 19.7 Å². The SMILES string of the molecule is C/C(=C/C(=O)O)C(=O)OCCOCCO. The van der Waals surface area contributed by atoms with Crippen molar-refractivity contribution in [2.75, 3.05) is 26.4 Å². The van der Waals surface area contributed by atoms with Gasteiger partial charge in [0.1, 0.15) is 6.61 Å². The fourth-order valence-electron chi connectivity index (χ4n) is 0.718. The molecule has 0 rings (SSSR count). The Balaban J connectivity index is 3.70. The molecule has 0 aromatic heterocycles. The Morgan fingerprint density at radius 1 is 1.27 bits per heavy atom. The van der Waals surface area contributed by atoms with Crippen LogP contribution in [-0.4, -0.2) is 48.6 Å². The number of carboxylic acids is 1. The molecule has 6 heteroatoms. The summed E-state index contributed by atoms with van der Waals surface area (Å²) in [7, 11) is 0. The number of aliphatic hydroxyl groups is 1. The molecule has 0 fully saturated rings. The van der Waals surface area contributed by atoms with Crippen molar-refractivity contribution >= 4 is 11.9 Å². The molecule has 0 aromatic carbocycles. The molecule has 0 unspecified atom stereocenters. The van der Waals surface area contributed by atoms with Gasteiger partial charge in [0.05, 0.1) is 19.8 Å². The van der Waals surface area contributed by atoms with Crippen LogP contribution in [0.4, 0.5) is 0 Å². The standard InChI is InChI=1S/C9H14O6/c1-7(6-8(11)12)9(13)15-5-4-14-3-2-10/h6,10H,2-5H2,1H3,(H,11,12)/b7-6-. The first-order valence-electron chi connectivity index (χ1n) is 4.35. The summed E-state index contributed by atoms with van der Waals surface area (Å²) in [6.45, 7) is 1.65. The molecule has 15 heavy (non-hydrogen) atoms. The number of aliphatic hydroxyl groups excluding tert-OH is 1. The maximum atomic E-state index is 11.1. The van der Waals surface area contributed by atoms with E-state index in [-0.39, 0.29) is 32.0 Å². The highest BCUT2D eigenvalue weighted by Crippen LogP contribution is 1.96. The predicted molar refractivity (Wildman–Crippen MR) is 50.3 cm³/mol. The summed E-state index contributed by atoms with van der Waals surface area (Å²) in [4.78, 5) is 21.2. The van der Waals surface area contributed by atoms with Crippen LogP contribution in [-0.2, 0) is 19.1 Å². The minimum atomic E-state index is -1.19. The van der Waals surface area contributed by atoms with Crippen LogP contribution in [0.3, 0.4) is 0 Å². The van der Waals surface area contributed by atoms with Crippen LogP contribution < -0.4 is 0 Å². The van der Waals surface area contributed by atoms with Crippen LogP contribution in [0, 0.1) is 0 Å². The Morgan fingerprint density at radius 3 is 2.47 bits per heavy atom. The Hall–Kier alpha value is -1.40. The van der Waals surface area contributed by atoms with E-state index in [1.54, 1.807) is 0 Å². The van der Waals surface area contributed by atoms with Gasteiger partial charge in [0.25, 0.3) is 0 Å². The van der Waals surface area contributed by atoms with Gasteiger partial charge in [-0.1, -0.05) is 0 Å². The highest BCUT2D eigenvalue weighted by atomic mass is 16.6. The maximum Gasteiger partial charge on any atom is 0.334 e. The van der Waals surface area contributed by atoms with E-state index in [2.05, 4.69) is 4.74 Å². The van der Waals surface area contributed by atoms with Gasteiger partial charge in [0.2, 0.25) is 0 Å². The summed E-state index contributed by atoms with van der Waals surface area (Å²) in [5.74, 6) is -1.88. The molecule has 0 spiro atoms. The molecule has 2 N–H and O–H groups in total. The zero-order valence-corrected chi connectivity index (χ0v) is 8.43. The first-order chi connectivity index (χ1) is 7.07. The molecule has 0 aliphatic heterocycles. The zero-order valence-electron chi connectivity index (χ0n) is 8.43. The Kier molecular flexibility index (Phi) is 7.21. The van der Waals surface area contributed by atoms with E-state index in [4.69, 9.17) is 14.9 Å². The van der Waals surface area contributed by atoms with Crippen LogP contribution in [0.15, 0.2) is 11.6 Å². The summed E-state index contributed by atoms with van der Waals surface area (Å²) in [5.41, 5.74) is 0.0182. The van der Waals surface area contributed by atoms with E-state index in [1.165, 1.54) is 6.92 Å². The number of hydrogen-bond acceptors (Lipinski definition) is 5. The molecule has 0 atom stereocenters. The molecule has 0 heterocycles. The van der Waals surface area contributed by atoms with Crippen molar-refractivity contribution in [3.8, 4) is 0 Å². The number of carbonyl (C=O) groups excluding carboxylic acids is 1. The van der Waals surface area contributed by atoms with Crippen molar-refractivity contribution in [2.45, 2.75) is 6.92 Å². The minimum absolute atomic E-state index is 0.0182. The van der Waals surface area contributed by atoms with Gasteiger partial charge in [-0.2, -0.15) is 0 Å². The molecule has 0 aromatic rings. The molecule has 0 saturated carbocycles. The smallest absolute Gasteiger partial charge is 0.334 e. The molecule has 0 saturated heterocycles. The van der Waals surface area contributed by atoms with E-state index < -0.39 is 11.9 Å². The largest absolute Gasteiger partial charge is 0.478 e. The lowest BCUT2D eigenvalue weighted by atomic mass is 10.3. The second kappa shape index (κ2) is 7.95. The number of rotatable bonds is 7. The normalized spacial score (nSPS) is 11.2. The van der Waals surface area contributed by atoms with Gasteiger partial charge in [0.15, 0.2) is 0 Å². The third-order valence-corrected chi connectivity index (χ3v) is 1.36. The highest BCUT2D eigenvalue weighted by Gasteiger charge is 2.06. The van der Waals surface area contributed by atoms with Crippen LogP contribution >= 0.6 is 0 Å². The molecular formula is C9H14O6. The lowest BCUT2D eigenvalue weighted by Gasteiger charge is -2.04. The number of esters is 1. The van der Waals surface area contributed by atoms with Crippen LogP contribution in [0.1, 0.15) is 6.92 Å². The lowest BCUT2D eigenvalue weighted by Crippen LogP contribution is -2.13. The summed E-state index contributed by atoms with van der Waals surface area (Å²) in [5, 5.41) is 16.7. The van der Waals surface area contributed by atoms with E-state index >= 15 is 0 Å². The lowest BCUT2D eigenvalue weighted by molar-refractivity contribution is -0.141. The fraction of sp³-hybridized carbons (Fsp3) is 0.556. The molecular weight excluding hydrogens is 204 g/mol. The third kappa shape index (κ3) is 7.65. The Morgan fingerprint density at radius 2 is 1.93 bits per heavy atom. The van der Waals surface area contributed by atoms with Gasteiger partial charge in [-0.25, -0.2) is 9.59 Å². The number of hydrogen-bond donors (Lipinski definition) is 2. The third-order valence-electron chi connectivity index (χ3n) is 1.36. The van der Waals surface area contributed by atoms with Gasteiger partial charge in [0, 0.05) is 11.6 Å². The van der Waals surface area contributed by atoms with Gasteiger partial charge in [-0.05, 0) is 6.92 Å². The van der Waals surface area contributed by atoms with Gasteiger partial charge in [-0.3, -0.25) is 0 Å². The second-order valence-corrected chi connectivity index (χ2v) is 2.64. The van der Waals surface area contributed by atoms with Crippen molar-refractivity contribution in [2.24, 2.45) is 0 Å².